The second kappa shape index (κ2) is 12.1. The van der Waals surface area contributed by atoms with Gasteiger partial charge in [0.2, 0.25) is 5.91 Å². The summed E-state index contributed by atoms with van der Waals surface area (Å²) in [4.78, 5) is 13.9. The maximum absolute atomic E-state index is 11.6. The second-order valence-electron chi connectivity index (χ2n) is 5.74. The molecule has 6 nitrogen and oxygen atoms in total. The molecule has 2 N–H and O–H groups in total. The van der Waals surface area contributed by atoms with Gasteiger partial charge in [-0.15, -0.1) is 11.8 Å². The van der Waals surface area contributed by atoms with Crippen molar-refractivity contribution in [3.63, 3.8) is 0 Å². The van der Waals surface area contributed by atoms with E-state index in [1.807, 2.05) is 13.8 Å². The predicted molar refractivity (Wildman–Crippen MR) is 91.2 cm³/mol. The normalized spacial score (nSPS) is 19.5. The Morgan fingerprint density at radius 3 is 3.00 bits per heavy atom. The Morgan fingerprint density at radius 1 is 1.45 bits per heavy atom. The minimum Gasteiger partial charge on any atom is -0.379 e. The van der Waals surface area contributed by atoms with Crippen LogP contribution in [0.15, 0.2) is 0 Å². The number of nitrogens with zero attached hydrogens (tertiary/aromatic N) is 1. The van der Waals surface area contributed by atoms with Crippen LogP contribution in [0.2, 0.25) is 0 Å². The van der Waals surface area contributed by atoms with E-state index in [-0.39, 0.29) is 17.9 Å². The monoisotopic (exact) mass is 333 g/mol. The Kier molecular flexibility index (Phi) is 10.9. The van der Waals surface area contributed by atoms with Crippen molar-refractivity contribution >= 4 is 17.7 Å². The van der Waals surface area contributed by atoms with Gasteiger partial charge in [-0.2, -0.15) is 0 Å². The lowest BCUT2D eigenvalue weighted by Crippen LogP contribution is -2.48. The van der Waals surface area contributed by atoms with E-state index < -0.39 is 0 Å². The number of morpholine rings is 1. The molecular weight excluding hydrogens is 302 g/mol. The molecule has 22 heavy (non-hydrogen) atoms. The standard InChI is InChI=1S/C15H31N3O3S/c1-13(2)15(19)17-10-14-11-18(6-9-21-14)5-8-20-7-4-16-12-22-3/h13-14,16H,4-12H2,1-3H3,(H,17,19). The zero-order valence-electron chi connectivity index (χ0n) is 14.1. The van der Waals surface area contributed by atoms with Crippen LogP contribution in [0.3, 0.4) is 0 Å². The summed E-state index contributed by atoms with van der Waals surface area (Å²) in [6.45, 7) is 10.2. The molecule has 1 rings (SSSR count). The highest BCUT2D eigenvalue weighted by atomic mass is 32.2. The van der Waals surface area contributed by atoms with Gasteiger partial charge in [0.15, 0.2) is 0 Å². The minimum atomic E-state index is 0.0211. The van der Waals surface area contributed by atoms with Crippen molar-refractivity contribution in [1.29, 1.82) is 0 Å². The van der Waals surface area contributed by atoms with E-state index in [1.54, 1.807) is 11.8 Å². The van der Waals surface area contributed by atoms with Crippen molar-refractivity contribution in [1.82, 2.24) is 15.5 Å². The van der Waals surface area contributed by atoms with Crippen molar-refractivity contribution in [2.45, 2.75) is 20.0 Å². The summed E-state index contributed by atoms with van der Waals surface area (Å²) in [5.41, 5.74) is 0. The molecule has 0 saturated carbocycles. The molecule has 1 fully saturated rings. The molecule has 0 spiro atoms. The molecule has 1 amide bonds. The average Bonchev–Trinajstić information content (AvgIpc) is 2.52. The first-order valence-corrected chi connectivity index (χ1v) is 9.42. The smallest absolute Gasteiger partial charge is 0.222 e. The summed E-state index contributed by atoms with van der Waals surface area (Å²) >= 11 is 1.78. The van der Waals surface area contributed by atoms with Crippen LogP contribution in [-0.2, 0) is 14.3 Å². The average molecular weight is 333 g/mol. The van der Waals surface area contributed by atoms with Gasteiger partial charge in [-0.1, -0.05) is 13.8 Å². The highest BCUT2D eigenvalue weighted by molar-refractivity contribution is 7.98. The largest absolute Gasteiger partial charge is 0.379 e. The number of carbonyl (C=O) groups is 1. The van der Waals surface area contributed by atoms with Gasteiger partial charge >= 0.3 is 0 Å². The molecule has 1 saturated heterocycles. The number of ether oxygens (including phenoxy) is 2. The molecule has 1 aliphatic heterocycles. The summed E-state index contributed by atoms with van der Waals surface area (Å²) in [5, 5.41) is 6.22. The Morgan fingerprint density at radius 2 is 2.27 bits per heavy atom. The molecule has 0 radical (unpaired) electrons. The fourth-order valence-corrected chi connectivity index (χ4v) is 2.49. The quantitative estimate of drug-likeness (QED) is 0.421. The first kappa shape index (κ1) is 19.7. The second-order valence-corrected chi connectivity index (χ2v) is 6.60. The Labute approximate surface area is 138 Å². The summed E-state index contributed by atoms with van der Waals surface area (Å²) in [7, 11) is 0. The third-order valence-corrected chi connectivity index (χ3v) is 3.97. The van der Waals surface area contributed by atoms with Gasteiger partial charge in [-0.3, -0.25) is 9.69 Å². The molecule has 1 atom stereocenters. The fourth-order valence-electron chi connectivity index (χ4n) is 2.14. The molecule has 1 unspecified atom stereocenters. The zero-order valence-corrected chi connectivity index (χ0v) is 14.9. The first-order chi connectivity index (χ1) is 10.6. The van der Waals surface area contributed by atoms with Crippen LogP contribution in [0.25, 0.3) is 0 Å². The van der Waals surface area contributed by atoms with Crippen molar-refractivity contribution in [2.24, 2.45) is 5.92 Å². The van der Waals surface area contributed by atoms with Gasteiger partial charge in [0.25, 0.3) is 0 Å². The van der Waals surface area contributed by atoms with Gasteiger partial charge in [0, 0.05) is 44.5 Å². The van der Waals surface area contributed by atoms with Crippen LogP contribution < -0.4 is 10.6 Å². The number of hydrogen-bond donors (Lipinski definition) is 2. The van der Waals surface area contributed by atoms with Crippen molar-refractivity contribution < 1.29 is 14.3 Å². The summed E-state index contributed by atoms with van der Waals surface area (Å²) in [5.74, 6) is 1.07. The van der Waals surface area contributed by atoms with E-state index in [9.17, 15) is 4.79 Å². The number of rotatable bonds is 11. The number of amides is 1. The van der Waals surface area contributed by atoms with Crippen molar-refractivity contribution in [3.8, 4) is 0 Å². The molecule has 0 aliphatic carbocycles. The third-order valence-electron chi connectivity index (χ3n) is 3.47. The zero-order chi connectivity index (χ0) is 16.2. The van der Waals surface area contributed by atoms with Crippen molar-refractivity contribution in [2.75, 3.05) is 64.7 Å². The lowest BCUT2D eigenvalue weighted by atomic mass is 10.2. The van der Waals surface area contributed by atoms with E-state index in [0.717, 1.165) is 51.9 Å². The molecule has 0 bridgehead atoms. The van der Waals surface area contributed by atoms with Gasteiger partial charge in [0.05, 0.1) is 25.9 Å². The van der Waals surface area contributed by atoms with Gasteiger partial charge in [0.1, 0.15) is 0 Å². The predicted octanol–water partition coefficient (Wildman–Crippen LogP) is 0.386. The summed E-state index contributed by atoms with van der Waals surface area (Å²) < 4.78 is 11.3. The highest BCUT2D eigenvalue weighted by Gasteiger charge is 2.21. The highest BCUT2D eigenvalue weighted by Crippen LogP contribution is 2.04. The number of thioether (sulfide) groups is 1. The maximum atomic E-state index is 11.6. The molecule has 1 aliphatic rings. The fraction of sp³-hybridized carbons (Fsp3) is 0.933. The molecule has 0 aromatic heterocycles. The molecule has 7 heteroatoms. The van der Waals surface area contributed by atoms with Crippen LogP contribution in [0, 0.1) is 5.92 Å². The maximum Gasteiger partial charge on any atom is 0.222 e. The van der Waals surface area contributed by atoms with Crippen LogP contribution in [-0.4, -0.2) is 81.6 Å². The van der Waals surface area contributed by atoms with E-state index in [1.165, 1.54) is 0 Å². The topological polar surface area (TPSA) is 62.8 Å². The Bertz CT molecular complexity index is 306. The van der Waals surface area contributed by atoms with E-state index in [2.05, 4.69) is 21.8 Å². The number of carbonyl (C=O) groups excluding carboxylic acids is 1. The minimum absolute atomic E-state index is 0.0211. The van der Waals surface area contributed by atoms with E-state index >= 15 is 0 Å². The van der Waals surface area contributed by atoms with Crippen LogP contribution >= 0.6 is 11.8 Å². The lowest BCUT2D eigenvalue weighted by molar-refractivity contribution is -0.125. The van der Waals surface area contributed by atoms with Gasteiger partial charge in [-0.25, -0.2) is 0 Å². The summed E-state index contributed by atoms with van der Waals surface area (Å²) in [6, 6.07) is 0. The lowest BCUT2D eigenvalue weighted by Gasteiger charge is -2.33. The van der Waals surface area contributed by atoms with E-state index in [0.29, 0.717) is 6.54 Å². The Hall–Kier alpha value is -0.340. The molecule has 130 valence electrons. The molecule has 0 aromatic carbocycles. The number of hydrogen-bond acceptors (Lipinski definition) is 6. The third kappa shape index (κ3) is 8.95. The van der Waals surface area contributed by atoms with Crippen molar-refractivity contribution in [3.05, 3.63) is 0 Å². The SMILES string of the molecule is CSCNCCOCCN1CCOC(CNC(=O)C(C)C)C1. The van der Waals surface area contributed by atoms with E-state index in [4.69, 9.17) is 9.47 Å². The molecule has 1 heterocycles. The first-order valence-electron chi connectivity index (χ1n) is 8.02. The van der Waals surface area contributed by atoms with Gasteiger partial charge in [-0.05, 0) is 6.26 Å². The van der Waals surface area contributed by atoms with Crippen LogP contribution in [0.1, 0.15) is 13.8 Å². The molecular formula is C15H31N3O3S. The molecule has 0 aromatic rings. The van der Waals surface area contributed by atoms with Gasteiger partial charge < -0.3 is 20.1 Å². The Balaban J connectivity index is 2.06. The van der Waals surface area contributed by atoms with Crippen LogP contribution in [0.4, 0.5) is 0 Å². The summed E-state index contributed by atoms with van der Waals surface area (Å²) in [6.07, 6.45) is 2.16. The number of nitrogens with one attached hydrogen (secondary N) is 2. The van der Waals surface area contributed by atoms with Crippen LogP contribution in [0.5, 0.6) is 0 Å².